The number of likely N-dealkylation sites (N-methyl/N-ethyl adjacent to an activating group) is 1. The fourth-order valence-corrected chi connectivity index (χ4v) is 7.64. The zero-order valence-corrected chi connectivity index (χ0v) is 28.5. The Morgan fingerprint density at radius 3 is 2.34 bits per heavy atom. The third-order valence-electron chi connectivity index (χ3n) is 8.10. The highest BCUT2D eigenvalue weighted by Gasteiger charge is 2.36. The van der Waals surface area contributed by atoms with Crippen LogP contribution in [0.15, 0.2) is 64.2 Å². The number of nitrogen functional groups attached to an aromatic ring is 1. The summed E-state index contributed by atoms with van der Waals surface area (Å²) in [6.07, 6.45) is 1.55. The van der Waals surface area contributed by atoms with Crippen LogP contribution in [0.4, 0.5) is 17.1 Å². The van der Waals surface area contributed by atoms with Crippen LogP contribution in [-0.4, -0.2) is 79.3 Å². The molecule has 1 aliphatic rings. The van der Waals surface area contributed by atoms with Crippen molar-refractivity contribution in [2.75, 3.05) is 43.1 Å². The highest BCUT2D eigenvalue weighted by atomic mass is 32.2. The largest absolute Gasteiger partial charge is 0.486 e. The molecule has 0 saturated heterocycles. The lowest BCUT2D eigenvalue weighted by Gasteiger charge is -2.38. The van der Waals surface area contributed by atoms with Crippen molar-refractivity contribution in [3.8, 4) is 5.75 Å². The van der Waals surface area contributed by atoms with Crippen LogP contribution in [-0.2, 0) is 19.6 Å². The van der Waals surface area contributed by atoms with Crippen molar-refractivity contribution >= 4 is 56.1 Å². The van der Waals surface area contributed by atoms with Crippen LogP contribution >= 0.6 is 11.3 Å². The van der Waals surface area contributed by atoms with Crippen LogP contribution in [0.5, 0.6) is 5.75 Å². The first-order valence-electron chi connectivity index (χ1n) is 15.6. The minimum atomic E-state index is -3.78. The maximum Gasteiger partial charge on any atom is 0.258 e. The average Bonchev–Trinajstić information content (AvgIpc) is 3.60. The summed E-state index contributed by atoms with van der Waals surface area (Å²) in [4.78, 5) is 40.6. The molecule has 0 bridgehead atoms. The van der Waals surface area contributed by atoms with Gasteiger partial charge in [-0.05, 0) is 55.5 Å². The number of hydrogen-bond donors (Lipinski definition) is 4. The standard InChI is InChI=1S/C33H43N5O7S2/c1-22-19-38(23(2)21-39)33(42)24-11-9-14-27(32(24)45-28(22)20-37(3)47(43,44)31-17-10-18-46-31)36-30(41)16-6-4-5-15-29(40)35-26-13-8-7-12-25(26)34/h7-14,17-18,22-23,28,39H,4-6,15-16,19-21,34H2,1-3H3,(H,35,40)(H,36,41)/t22-,23-,28-/m0/s1. The molecule has 3 atom stereocenters. The number of aliphatic hydroxyl groups excluding tert-OH is 1. The minimum Gasteiger partial charge on any atom is -0.486 e. The minimum absolute atomic E-state index is 0.0108. The molecule has 254 valence electrons. The Labute approximate surface area is 279 Å². The van der Waals surface area contributed by atoms with Gasteiger partial charge < -0.3 is 31.1 Å². The van der Waals surface area contributed by atoms with Crippen LogP contribution in [0, 0.1) is 5.92 Å². The molecule has 1 aromatic heterocycles. The molecule has 1 aliphatic heterocycles. The topological polar surface area (TPSA) is 171 Å². The SMILES string of the molecule is C[C@H]1CN([C@@H](C)CO)C(=O)c2cccc(NC(=O)CCCCCC(=O)Nc3ccccc3N)c2O[C@H]1CN(C)S(=O)(=O)c1cccs1. The number of carbonyl (C=O) groups is 3. The molecule has 2 aromatic carbocycles. The molecule has 0 spiro atoms. The summed E-state index contributed by atoms with van der Waals surface area (Å²) in [5.41, 5.74) is 7.43. The molecule has 2 heterocycles. The Morgan fingerprint density at radius 2 is 1.70 bits per heavy atom. The van der Waals surface area contributed by atoms with Gasteiger partial charge in [0, 0.05) is 32.4 Å². The summed E-state index contributed by atoms with van der Waals surface area (Å²) in [7, 11) is -2.29. The van der Waals surface area contributed by atoms with E-state index < -0.39 is 22.2 Å². The van der Waals surface area contributed by atoms with E-state index >= 15 is 0 Å². The van der Waals surface area contributed by atoms with Gasteiger partial charge in [-0.1, -0.05) is 37.6 Å². The Balaban J connectivity index is 1.45. The van der Waals surface area contributed by atoms with Gasteiger partial charge in [0.25, 0.3) is 15.9 Å². The first-order chi connectivity index (χ1) is 22.4. The van der Waals surface area contributed by atoms with Crippen LogP contribution in [0.3, 0.4) is 0 Å². The van der Waals surface area contributed by atoms with Crippen LogP contribution < -0.4 is 21.1 Å². The second kappa shape index (κ2) is 16.2. The number of nitrogens with one attached hydrogen (secondary N) is 2. The molecular formula is C33H43N5O7S2. The Bertz CT molecular complexity index is 1650. The van der Waals surface area contributed by atoms with Crippen molar-refractivity contribution in [2.45, 2.75) is 62.3 Å². The molecule has 0 radical (unpaired) electrons. The summed E-state index contributed by atoms with van der Waals surface area (Å²) >= 11 is 1.12. The molecule has 47 heavy (non-hydrogen) atoms. The van der Waals surface area contributed by atoms with E-state index in [1.165, 1.54) is 11.4 Å². The van der Waals surface area contributed by atoms with Gasteiger partial charge >= 0.3 is 0 Å². The van der Waals surface area contributed by atoms with Crippen molar-refractivity contribution < 1.29 is 32.6 Å². The summed E-state index contributed by atoms with van der Waals surface area (Å²) in [6.45, 7) is 3.56. The second-order valence-corrected chi connectivity index (χ2v) is 15.0. The predicted octanol–water partition coefficient (Wildman–Crippen LogP) is 4.40. The molecular weight excluding hydrogens is 643 g/mol. The maximum absolute atomic E-state index is 13.7. The molecule has 0 saturated carbocycles. The molecule has 0 aliphatic carbocycles. The smallest absolute Gasteiger partial charge is 0.258 e. The van der Waals surface area contributed by atoms with Crippen LogP contribution in [0.25, 0.3) is 0 Å². The van der Waals surface area contributed by atoms with E-state index in [2.05, 4.69) is 10.6 Å². The Morgan fingerprint density at radius 1 is 1.04 bits per heavy atom. The molecule has 5 N–H and O–H groups in total. The number of benzene rings is 2. The van der Waals surface area contributed by atoms with Crippen molar-refractivity contribution in [3.63, 3.8) is 0 Å². The number of rotatable bonds is 14. The number of carbonyl (C=O) groups excluding carboxylic acids is 3. The van der Waals surface area contributed by atoms with Crippen molar-refractivity contribution in [2.24, 2.45) is 5.92 Å². The number of nitrogens with zero attached hydrogens (tertiary/aromatic N) is 2. The number of anilines is 3. The van der Waals surface area contributed by atoms with E-state index in [1.807, 2.05) is 6.92 Å². The molecule has 3 amide bonds. The van der Waals surface area contributed by atoms with E-state index in [-0.39, 0.29) is 71.7 Å². The molecule has 14 heteroatoms. The van der Waals surface area contributed by atoms with E-state index in [1.54, 1.807) is 71.8 Å². The molecule has 0 unspecified atom stereocenters. The van der Waals surface area contributed by atoms with Gasteiger partial charge in [0.15, 0.2) is 5.75 Å². The van der Waals surface area contributed by atoms with Crippen molar-refractivity contribution in [1.82, 2.24) is 9.21 Å². The fourth-order valence-electron chi connectivity index (χ4n) is 5.26. The lowest BCUT2D eigenvalue weighted by atomic mass is 9.99. The van der Waals surface area contributed by atoms with E-state index in [9.17, 15) is 27.9 Å². The molecule has 3 aromatic rings. The summed E-state index contributed by atoms with van der Waals surface area (Å²) in [5, 5.41) is 17.3. The van der Waals surface area contributed by atoms with Gasteiger partial charge in [0.1, 0.15) is 10.3 Å². The first-order valence-corrected chi connectivity index (χ1v) is 17.9. The normalized spacial score (nSPS) is 17.3. The molecule has 12 nitrogen and oxygen atoms in total. The Kier molecular flexibility index (Phi) is 12.4. The van der Waals surface area contributed by atoms with Gasteiger partial charge in [-0.25, -0.2) is 8.42 Å². The molecule has 4 rings (SSSR count). The zero-order chi connectivity index (χ0) is 34.1. The van der Waals surface area contributed by atoms with Gasteiger partial charge in [-0.3, -0.25) is 14.4 Å². The summed E-state index contributed by atoms with van der Waals surface area (Å²) in [6, 6.07) is 14.6. The third-order valence-corrected chi connectivity index (χ3v) is 11.3. The van der Waals surface area contributed by atoms with Gasteiger partial charge in [0.05, 0.1) is 41.8 Å². The third kappa shape index (κ3) is 9.10. The number of nitrogens with two attached hydrogens (primary N) is 1. The lowest BCUT2D eigenvalue weighted by Crippen LogP contribution is -2.50. The van der Waals surface area contributed by atoms with Crippen molar-refractivity contribution in [3.05, 3.63) is 65.5 Å². The monoisotopic (exact) mass is 685 g/mol. The first kappa shape index (κ1) is 35.9. The Hall–Kier alpha value is -3.98. The van der Waals surface area contributed by atoms with Crippen LogP contribution in [0.2, 0.25) is 0 Å². The van der Waals surface area contributed by atoms with E-state index in [4.69, 9.17) is 10.5 Å². The van der Waals surface area contributed by atoms with Gasteiger partial charge in [0.2, 0.25) is 11.8 Å². The number of aliphatic hydroxyl groups is 1. The number of sulfonamides is 1. The number of amides is 3. The van der Waals surface area contributed by atoms with Gasteiger partial charge in [-0.2, -0.15) is 4.31 Å². The highest BCUT2D eigenvalue weighted by Crippen LogP contribution is 2.35. The maximum atomic E-state index is 13.7. The second-order valence-electron chi connectivity index (χ2n) is 11.8. The quantitative estimate of drug-likeness (QED) is 0.143. The zero-order valence-electron chi connectivity index (χ0n) is 26.8. The highest BCUT2D eigenvalue weighted by molar-refractivity contribution is 7.91. The van der Waals surface area contributed by atoms with Crippen LogP contribution in [0.1, 0.15) is 56.3 Å². The number of fused-ring (bicyclic) bond motifs is 1. The number of unbranched alkanes of at least 4 members (excludes halogenated alkanes) is 2. The number of ether oxygens (including phenoxy) is 1. The van der Waals surface area contributed by atoms with E-state index in [0.717, 1.165) is 11.3 Å². The summed E-state index contributed by atoms with van der Waals surface area (Å²) in [5.74, 6) is -0.990. The van der Waals surface area contributed by atoms with Crippen molar-refractivity contribution in [1.29, 1.82) is 0 Å². The lowest BCUT2D eigenvalue weighted by molar-refractivity contribution is -0.116. The van der Waals surface area contributed by atoms with E-state index in [0.29, 0.717) is 36.3 Å². The number of thiophene rings is 1. The number of hydrogen-bond acceptors (Lipinski definition) is 9. The molecule has 0 fully saturated rings. The van der Waals surface area contributed by atoms with Gasteiger partial charge in [-0.15, -0.1) is 11.3 Å². The summed E-state index contributed by atoms with van der Waals surface area (Å²) < 4.78 is 34.4. The average molecular weight is 686 g/mol. The fraction of sp³-hybridized carbons (Fsp3) is 0.424. The predicted molar refractivity (Wildman–Crippen MR) is 183 cm³/mol. The number of para-hydroxylation sites is 3.